The molecule has 1 aromatic carbocycles. The van der Waals surface area contributed by atoms with E-state index in [1.807, 2.05) is 0 Å². The lowest BCUT2D eigenvalue weighted by Crippen LogP contribution is -2.93. The molecule has 23 heavy (non-hydrogen) atoms. The highest BCUT2D eigenvalue weighted by Gasteiger charge is 2.19. The Labute approximate surface area is 133 Å². The third-order valence-corrected chi connectivity index (χ3v) is 3.32. The minimum absolute atomic E-state index is 0.149. The molecule has 0 aliphatic rings. The molecule has 1 rings (SSSR count). The number of nitro benzene ring substituents is 1. The number of hydrogen-bond donors (Lipinski definition) is 3. The average molecular weight is 325 g/mol. The lowest BCUT2D eigenvalue weighted by molar-refractivity contribution is -0.684. The van der Waals surface area contributed by atoms with Gasteiger partial charge in [-0.15, -0.1) is 0 Å². The molecule has 1 amide bonds. The van der Waals surface area contributed by atoms with Crippen LogP contribution in [0.5, 0.6) is 0 Å². The van der Waals surface area contributed by atoms with Gasteiger partial charge >= 0.3 is 0 Å². The average Bonchev–Trinajstić information content (AvgIpc) is 2.48. The van der Waals surface area contributed by atoms with Crippen LogP contribution in [0.2, 0.25) is 0 Å². The number of hydrogen-bond acceptors (Lipinski definition) is 5. The zero-order chi connectivity index (χ0) is 17.4. The Hall–Kier alpha value is -2.52. The van der Waals surface area contributed by atoms with Crippen LogP contribution in [0.4, 0.5) is 11.4 Å². The number of nitro groups is 1. The van der Waals surface area contributed by atoms with Gasteiger partial charge in [-0.2, -0.15) is 0 Å². The molecular formula is C14H21N4O5+. The van der Waals surface area contributed by atoms with Gasteiger partial charge in [-0.3, -0.25) is 14.9 Å². The van der Waals surface area contributed by atoms with Gasteiger partial charge in [-0.1, -0.05) is 6.07 Å². The van der Waals surface area contributed by atoms with Gasteiger partial charge in [0, 0.05) is 18.6 Å². The number of carboxylic acids is 1. The van der Waals surface area contributed by atoms with Crippen molar-refractivity contribution >= 4 is 23.3 Å². The molecule has 0 unspecified atom stereocenters. The highest BCUT2D eigenvalue weighted by molar-refractivity contribution is 5.94. The molecule has 0 saturated carbocycles. The Morgan fingerprint density at radius 2 is 2.13 bits per heavy atom. The number of aliphatic carboxylic acids is 1. The van der Waals surface area contributed by atoms with Crippen LogP contribution in [0.15, 0.2) is 18.2 Å². The molecule has 0 heterocycles. The van der Waals surface area contributed by atoms with Crippen molar-refractivity contribution in [2.45, 2.75) is 25.8 Å². The molecule has 0 spiro atoms. The number of quaternary nitrogens is 2. The molecule has 6 N–H and O–H groups in total. The number of carbonyl (C=O) groups excluding carboxylic acids is 2. The van der Waals surface area contributed by atoms with E-state index >= 15 is 0 Å². The predicted octanol–water partition coefficient (Wildman–Crippen LogP) is -2.45. The topological polar surface area (TPSA) is 157 Å². The number of benzene rings is 1. The number of non-ortho nitro benzene ring substituents is 1. The van der Waals surface area contributed by atoms with Crippen molar-refractivity contribution in [1.82, 2.24) is 0 Å². The number of amides is 1. The van der Waals surface area contributed by atoms with E-state index in [0.29, 0.717) is 24.3 Å². The summed E-state index contributed by atoms with van der Waals surface area (Å²) >= 11 is 0. The third-order valence-electron chi connectivity index (χ3n) is 3.32. The second-order valence-corrected chi connectivity index (χ2v) is 5.17. The number of aryl methyl sites for hydroxylation is 1. The van der Waals surface area contributed by atoms with Crippen molar-refractivity contribution in [3.05, 3.63) is 33.9 Å². The smallest absolute Gasteiger partial charge is 0.271 e. The van der Waals surface area contributed by atoms with E-state index in [4.69, 9.17) is 0 Å². The van der Waals surface area contributed by atoms with Crippen molar-refractivity contribution in [3.8, 4) is 0 Å². The van der Waals surface area contributed by atoms with Crippen LogP contribution >= 0.6 is 0 Å². The van der Waals surface area contributed by atoms with Crippen molar-refractivity contribution in [3.63, 3.8) is 0 Å². The van der Waals surface area contributed by atoms with E-state index in [1.165, 1.54) is 23.5 Å². The van der Waals surface area contributed by atoms with E-state index in [2.05, 4.69) is 11.1 Å². The zero-order valence-corrected chi connectivity index (χ0v) is 12.9. The van der Waals surface area contributed by atoms with E-state index in [1.54, 1.807) is 6.92 Å². The molecular weight excluding hydrogens is 304 g/mol. The van der Waals surface area contributed by atoms with Gasteiger partial charge in [-0.25, -0.2) is 0 Å². The number of anilines is 1. The van der Waals surface area contributed by atoms with Crippen LogP contribution in [0.1, 0.15) is 18.4 Å². The molecule has 0 fully saturated rings. The first-order chi connectivity index (χ1) is 10.8. The monoisotopic (exact) mass is 325 g/mol. The molecule has 0 aromatic heterocycles. The summed E-state index contributed by atoms with van der Waals surface area (Å²) in [7, 11) is 0. The first-order valence-corrected chi connectivity index (χ1v) is 7.23. The van der Waals surface area contributed by atoms with Gasteiger partial charge < -0.3 is 26.3 Å². The largest absolute Gasteiger partial charge is 0.544 e. The van der Waals surface area contributed by atoms with Crippen LogP contribution in [-0.2, 0) is 9.59 Å². The number of rotatable bonds is 9. The summed E-state index contributed by atoms with van der Waals surface area (Å²) in [6, 6.07) is 3.10. The molecule has 0 saturated heterocycles. The number of nitrogens with zero attached hydrogens (tertiary/aromatic N) is 1. The standard InChI is InChI=1S/C14H20N4O5/c1-9-3-4-10(18(22)23)7-11(9)17-13(19)8-12(14(20)21)16-6-2-5-15/h3-4,7,12,16H,2,5-6,8,15H2,1H3,(H,17,19)(H,20,21)/p+1/t12-/m0/s1. The van der Waals surface area contributed by atoms with Crippen molar-refractivity contribution in [2.24, 2.45) is 0 Å². The summed E-state index contributed by atoms with van der Waals surface area (Å²) in [5.41, 5.74) is 4.45. The van der Waals surface area contributed by atoms with Gasteiger partial charge in [0.05, 0.1) is 36.1 Å². The summed E-state index contributed by atoms with van der Waals surface area (Å²) in [6.07, 6.45) is 0.455. The third kappa shape index (κ3) is 6.01. The summed E-state index contributed by atoms with van der Waals surface area (Å²) in [6.45, 7) is 2.90. The van der Waals surface area contributed by atoms with Crippen LogP contribution < -0.4 is 21.5 Å². The fourth-order valence-corrected chi connectivity index (χ4v) is 1.99. The molecule has 1 aromatic rings. The molecule has 0 radical (unpaired) electrons. The van der Waals surface area contributed by atoms with Crippen LogP contribution in [-0.4, -0.2) is 35.9 Å². The molecule has 9 heteroatoms. The summed E-state index contributed by atoms with van der Waals surface area (Å²) in [5, 5.41) is 25.9. The quantitative estimate of drug-likeness (QED) is 0.261. The molecule has 1 atom stereocenters. The lowest BCUT2D eigenvalue weighted by atomic mass is 10.1. The summed E-state index contributed by atoms with van der Waals surface area (Å²) < 4.78 is 0. The van der Waals surface area contributed by atoms with Gasteiger partial charge in [0.25, 0.3) is 5.69 Å². The first kappa shape index (κ1) is 18.5. The first-order valence-electron chi connectivity index (χ1n) is 7.23. The Bertz CT molecular complexity index is 591. The second kappa shape index (κ2) is 8.81. The van der Waals surface area contributed by atoms with Crippen molar-refractivity contribution in [1.29, 1.82) is 0 Å². The zero-order valence-electron chi connectivity index (χ0n) is 12.9. The fourth-order valence-electron chi connectivity index (χ4n) is 1.99. The van der Waals surface area contributed by atoms with Crippen molar-refractivity contribution < 1.29 is 30.7 Å². The fraction of sp³-hybridized carbons (Fsp3) is 0.429. The Morgan fingerprint density at radius 1 is 1.43 bits per heavy atom. The summed E-state index contributed by atoms with van der Waals surface area (Å²) in [4.78, 5) is 33.3. The highest BCUT2D eigenvalue weighted by atomic mass is 16.6. The maximum absolute atomic E-state index is 12.0. The van der Waals surface area contributed by atoms with Gasteiger partial charge in [0.15, 0.2) is 0 Å². The highest BCUT2D eigenvalue weighted by Crippen LogP contribution is 2.21. The molecule has 0 aliphatic heterocycles. The SMILES string of the molecule is Cc1ccc([N+](=O)[O-])cc1NC(=O)C[C@H]([NH2+]CCC[NH3+])C(=O)[O-]. The van der Waals surface area contributed by atoms with Gasteiger partial charge in [-0.05, 0) is 12.5 Å². The molecule has 9 nitrogen and oxygen atoms in total. The van der Waals surface area contributed by atoms with Crippen molar-refractivity contribution in [2.75, 3.05) is 18.4 Å². The molecule has 126 valence electrons. The van der Waals surface area contributed by atoms with Gasteiger partial charge in [0.2, 0.25) is 5.91 Å². The maximum atomic E-state index is 12.0. The lowest BCUT2D eigenvalue weighted by Gasteiger charge is -2.16. The summed E-state index contributed by atoms with van der Waals surface area (Å²) in [5.74, 6) is -1.85. The maximum Gasteiger partial charge on any atom is 0.271 e. The Balaban J connectivity index is 2.72. The number of carbonyl (C=O) groups is 2. The number of nitrogens with one attached hydrogen (secondary N) is 1. The Morgan fingerprint density at radius 3 is 2.70 bits per heavy atom. The van der Waals surface area contributed by atoms with Gasteiger partial charge in [0.1, 0.15) is 6.04 Å². The van der Waals surface area contributed by atoms with Crippen LogP contribution in [0.3, 0.4) is 0 Å². The predicted molar refractivity (Wildman–Crippen MR) is 79.0 cm³/mol. The van der Waals surface area contributed by atoms with E-state index < -0.39 is 22.8 Å². The van der Waals surface area contributed by atoms with E-state index in [0.717, 1.165) is 6.42 Å². The number of carboxylic acid groups (broad SMARTS) is 1. The molecule has 0 aliphatic carbocycles. The van der Waals surface area contributed by atoms with E-state index in [-0.39, 0.29) is 12.1 Å². The number of nitrogens with two attached hydrogens (primary N) is 1. The minimum atomic E-state index is -1.32. The second-order valence-electron chi connectivity index (χ2n) is 5.17. The normalized spacial score (nSPS) is 11.7. The van der Waals surface area contributed by atoms with Crippen LogP contribution in [0, 0.1) is 17.0 Å². The van der Waals surface area contributed by atoms with E-state index in [9.17, 15) is 24.8 Å². The Kier molecular flexibility index (Phi) is 7.10. The van der Waals surface area contributed by atoms with Crippen LogP contribution in [0.25, 0.3) is 0 Å². The minimum Gasteiger partial charge on any atom is -0.544 e. The molecule has 0 bridgehead atoms.